The van der Waals surface area contributed by atoms with Crippen molar-refractivity contribution in [2.24, 2.45) is 0 Å². The quantitative estimate of drug-likeness (QED) is 0.830. The van der Waals surface area contributed by atoms with Gasteiger partial charge in [-0.1, -0.05) is 24.0 Å². The zero-order chi connectivity index (χ0) is 13.7. The molecule has 1 aromatic rings. The summed E-state index contributed by atoms with van der Waals surface area (Å²) in [6.07, 6.45) is 0.486. The third-order valence-corrected chi connectivity index (χ3v) is 3.07. The third kappa shape index (κ3) is 3.49. The molecule has 0 spiro atoms. The lowest BCUT2D eigenvalue weighted by atomic mass is 10.1. The average molecular weight is 258 g/mol. The van der Waals surface area contributed by atoms with Crippen LogP contribution in [0.25, 0.3) is 0 Å². The van der Waals surface area contributed by atoms with Gasteiger partial charge in [0.25, 0.3) is 0 Å². The van der Waals surface area contributed by atoms with E-state index in [1.54, 1.807) is 4.90 Å². The maximum atomic E-state index is 11.8. The van der Waals surface area contributed by atoms with Crippen LogP contribution in [-0.4, -0.2) is 47.7 Å². The molecule has 4 nitrogen and oxygen atoms in total. The molecular weight excluding hydrogens is 240 g/mol. The second-order valence-corrected chi connectivity index (χ2v) is 4.60. The lowest BCUT2D eigenvalue weighted by Gasteiger charge is -2.15. The first-order chi connectivity index (χ1) is 9.20. The SMILES string of the molecule is CN1CCN(Cc2cccc(C#CCCO)c2)C1=O. The molecule has 0 radical (unpaired) electrons. The maximum Gasteiger partial charge on any atom is 0.320 e. The molecule has 1 aliphatic heterocycles. The second-order valence-electron chi connectivity index (χ2n) is 4.60. The minimum Gasteiger partial charge on any atom is -0.395 e. The Hall–Kier alpha value is -1.99. The summed E-state index contributed by atoms with van der Waals surface area (Å²) in [7, 11) is 1.82. The van der Waals surface area contributed by atoms with Crippen LogP contribution < -0.4 is 0 Å². The normalized spacial score (nSPS) is 14.5. The molecule has 4 heteroatoms. The van der Waals surface area contributed by atoms with Gasteiger partial charge in [0.15, 0.2) is 0 Å². The second kappa shape index (κ2) is 6.26. The molecule has 19 heavy (non-hydrogen) atoms. The predicted octanol–water partition coefficient (Wildman–Crippen LogP) is 1.29. The van der Waals surface area contributed by atoms with E-state index in [2.05, 4.69) is 11.8 Å². The number of carbonyl (C=O) groups excluding carboxylic acids is 1. The van der Waals surface area contributed by atoms with Crippen molar-refractivity contribution in [1.29, 1.82) is 0 Å². The van der Waals surface area contributed by atoms with Gasteiger partial charge in [-0.3, -0.25) is 0 Å². The first-order valence-corrected chi connectivity index (χ1v) is 6.39. The average Bonchev–Trinajstić information content (AvgIpc) is 2.72. The number of nitrogens with zero attached hydrogens (tertiary/aromatic N) is 2. The molecule has 1 N–H and O–H groups in total. The first kappa shape index (κ1) is 13.4. The number of rotatable bonds is 3. The third-order valence-electron chi connectivity index (χ3n) is 3.07. The molecular formula is C15H18N2O2. The maximum absolute atomic E-state index is 11.8. The Bertz CT molecular complexity index is 516. The largest absolute Gasteiger partial charge is 0.395 e. The van der Waals surface area contributed by atoms with Crippen molar-refractivity contribution in [2.45, 2.75) is 13.0 Å². The summed E-state index contributed by atoms with van der Waals surface area (Å²) in [5.41, 5.74) is 2.00. The van der Waals surface area contributed by atoms with Crippen LogP contribution in [0.15, 0.2) is 24.3 Å². The molecule has 1 fully saturated rings. The van der Waals surface area contributed by atoms with E-state index < -0.39 is 0 Å². The van der Waals surface area contributed by atoms with E-state index in [1.807, 2.05) is 36.2 Å². The van der Waals surface area contributed by atoms with Gasteiger partial charge in [0, 0.05) is 38.7 Å². The minimum atomic E-state index is 0.0803. The van der Waals surface area contributed by atoms with Gasteiger partial charge >= 0.3 is 6.03 Å². The highest BCUT2D eigenvalue weighted by atomic mass is 16.2. The fourth-order valence-corrected chi connectivity index (χ4v) is 2.04. The van der Waals surface area contributed by atoms with Crippen molar-refractivity contribution in [1.82, 2.24) is 9.80 Å². The van der Waals surface area contributed by atoms with Crippen LogP contribution in [0, 0.1) is 11.8 Å². The number of aliphatic hydroxyl groups excluding tert-OH is 1. The Morgan fingerprint density at radius 3 is 2.89 bits per heavy atom. The highest BCUT2D eigenvalue weighted by Crippen LogP contribution is 2.13. The number of hydrogen-bond acceptors (Lipinski definition) is 2. The van der Waals surface area contributed by atoms with Crippen LogP contribution in [0.3, 0.4) is 0 Å². The van der Waals surface area contributed by atoms with Gasteiger partial charge in [-0.05, 0) is 17.7 Å². The molecule has 0 bridgehead atoms. The summed E-state index contributed by atoms with van der Waals surface area (Å²) < 4.78 is 0. The van der Waals surface area contributed by atoms with Crippen molar-refractivity contribution < 1.29 is 9.90 Å². The van der Waals surface area contributed by atoms with Gasteiger partial charge in [0.2, 0.25) is 0 Å². The molecule has 100 valence electrons. The fraction of sp³-hybridized carbons (Fsp3) is 0.400. The first-order valence-electron chi connectivity index (χ1n) is 6.39. The lowest BCUT2D eigenvalue weighted by Crippen LogP contribution is -2.28. The topological polar surface area (TPSA) is 43.8 Å². The number of likely N-dealkylation sites (N-methyl/N-ethyl adjacent to an activating group) is 1. The molecule has 0 unspecified atom stereocenters. The molecule has 0 atom stereocenters. The summed E-state index contributed by atoms with van der Waals surface area (Å²) in [4.78, 5) is 15.4. The van der Waals surface area contributed by atoms with E-state index >= 15 is 0 Å². The predicted molar refractivity (Wildman–Crippen MR) is 73.5 cm³/mol. The summed E-state index contributed by atoms with van der Waals surface area (Å²) in [5, 5.41) is 8.69. The number of hydrogen-bond donors (Lipinski definition) is 1. The highest BCUT2D eigenvalue weighted by molar-refractivity contribution is 5.76. The number of carbonyl (C=O) groups is 1. The van der Waals surface area contributed by atoms with Gasteiger partial charge in [-0.2, -0.15) is 0 Å². The summed E-state index contributed by atoms with van der Waals surface area (Å²) in [5.74, 6) is 5.91. The van der Waals surface area contributed by atoms with E-state index in [-0.39, 0.29) is 12.6 Å². The summed E-state index contributed by atoms with van der Waals surface area (Å²) in [6.45, 7) is 2.27. The van der Waals surface area contributed by atoms with E-state index in [1.165, 1.54) is 0 Å². The van der Waals surface area contributed by atoms with E-state index in [4.69, 9.17) is 5.11 Å². The standard InChI is InChI=1S/C15H18N2O2/c1-16-8-9-17(15(16)19)12-14-7-4-6-13(11-14)5-2-3-10-18/h4,6-7,11,18H,3,8-10,12H2,1H3. The van der Waals surface area contributed by atoms with Crippen molar-refractivity contribution >= 4 is 6.03 Å². The Morgan fingerprint density at radius 2 is 2.21 bits per heavy atom. The Balaban J connectivity index is 2.04. The molecule has 0 aromatic heterocycles. The summed E-state index contributed by atoms with van der Waals surface area (Å²) >= 11 is 0. The number of aliphatic hydroxyl groups is 1. The van der Waals surface area contributed by atoms with Gasteiger partial charge in [-0.15, -0.1) is 0 Å². The Labute approximate surface area is 113 Å². The zero-order valence-electron chi connectivity index (χ0n) is 11.1. The van der Waals surface area contributed by atoms with Crippen LogP contribution in [0.5, 0.6) is 0 Å². The fourth-order valence-electron chi connectivity index (χ4n) is 2.04. The van der Waals surface area contributed by atoms with Gasteiger partial charge in [0.05, 0.1) is 6.61 Å². The van der Waals surface area contributed by atoms with Crippen molar-refractivity contribution in [2.75, 3.05) is 26.7 Å². The molecule has 1 aromatic carbocycles. The van der Waals surface area contributed by atoms with Crippen LogP contribution in [0.1, 0.15) is 17.5 Å². The highest BCUT2D eigenvalue weighted by Gasteiger charge is 2.24. The molecule has 0 saturated carbocycles. The number of urea groups is 1. The minimum absolute atomic E-state index is 0.0803. The smallest absolute Gasteiger partial charge is 0.320 e. The molecule has 2 rings (SSSR count). The van der Waals surface area contributed by atoms with Gasteiger partial charge in [0.1, 0.15) is 0 Å². The molecule has 1 saturated heterocycles. The van der Waals surface area contributed by atoms with Gasteiger partial charge in [-0.25, -0.2) is 4.79 Å². The molecule has 2 amide bonds. The van der Waals surface area contributed by atoms with Crippen LogP contribution in [0.4, 0.5) is 4.79 Å². The van der Waals surface area contributed by atoms with Gasteiger partial charge < -0.3 is 14.9 Å². The van der Waals surface area contributed by atoms with Crippen molar-refractivity contribution in [3.05, 3.63) is 35.4 Å². The van der Waals surface area contributed by atoms with Crippen LogP contribution in [-0.2, 0) is 6.54 Å². The zero-order valence-corrected chi connectivity index (χ0v) is 11.1. The van der Waals surface area contributed by atoms with E-state index in [0.29, 0.717) is 13.0 Å². The van der Waals surface area contributed by atoms with Crippen LogP contribution >= 0.6 is 0 Å². The van der Waals surface area contributed by atoms with E-state index in [9.17, 15) is 4.79 Å². The molecule has 1 heterocycles. The Morgan fingerprint density at radius 1 is 1.37 bits per heavy atom. The Kier molecular flexibility index (Phi) is 4.43. The van der Waals surface area contributed by atoms with Crippen LogP contribution in [0.2, 0.25) is 0 Å². The monoisotopic (exact) mass is 258 g/mol. The van der Waals surface area contributed by atoms with Crippen molar-refractivity contribution in [3.8, 4) is 11.8 Å². The summed E-state index contributed by atoms with van der Waals surface area (Å²) in [6, 6.07) is 7.96. The molecule has 0 aliphatic carbocycles. The number of amides is 2. The lowest BCUT2D eigenvalue weighted by molar-refractivity contribution is 0.197. The molecule has 1 aliphatic rings. The van der Waals surface area contributed by atoms with Crippen molar-refractivity contribution in [3.63, 3.8) is 0 Å². The van der Waals surface area contributed by atoms with E-state index in [0.717, 1.165) is 24.2 Å². The number of benzene rings is 1.